The molecule has 0 aromatic carbocycles. The van der Waals surface area contributed by atoms with Gasteiger partial charge in [-0.2, -0.15) is 0 Å². The maximum atomic E-state index is 10.8. The lowest BCUT2D eigenvalue weighted by molar-refractivity contribution is -0.136. The smallest absolute Gasteiger partial charge is 0.495 e. The van der Waals surface area contributed by atoms with Crippen molar-refractivity contribution in [3.63, 3.8) is 0 Å². The molecule has 1 N–H and O–H groups in total. The first-order valence-electron chi connectivity index (χ1n) is 6.76. The van der Waals surface area contributed by atoms with Crippen molar-refractivity contribution in [2.24, 2.45) is 0 Å². The largest absolute Gasteiger partial charge is 0.496 e. The molecule has 0 bridgehead atoms. The van der Waals surface area contributed by atoms with Crippen LogP contribution in [0.15, 0.2) is 12.3 Å². The zero-order valence-electron chi connectivity index (χ0n) is 13.0. The lowest BCUT2D eigenvalue weighted by Gasteiger charge is -2.32. The van der Waals surface area contributed by atoms with Crippen molar-refractivity contribution in [2.75, 3.05) is 7.11 Å². The first-order chi connectivity index (χ1) is 9.66. The highest BCUT2D eigenvalue weighted by atomic mass is 16.7. The number of nitrogens with zero attached hydrogens (tertiary/aromatic N) is 1. The number of carboxylic acids is 1. The normalized spacial score (nSPS) is 19.6. The summed E-state index contributed by atoms with van der Waals surface area (Å²) in [6, 6.07) is 1.72. The summed E-state index contributed by atoms with van der Waals surface area (Å²) in [5.41, 5.74) is 0.208. The maximum Gasteiger partial charge on any atom is 0.496 e. The fourth-order valence-corrected chi connectivity index (χ4v) is 2.05. The van der Waals surface area contributed by atoms with E-state index < -0.39 is 24.3 Å². The second kappa shape index (κ2) is 5.31. The molecule has 0 spiro atoms. The molecule has 2 heterocycles. The Morgan fingerprint density at radius 1 is 1.33 bits per heavy atom. The van der Waals surface area contributed by atoms with E-state index in [0.717, 1.165) is 0 Å². The van der Waals surface area contributed by atoms with E-state index in [0.29, 0.717) is 16.9 Å². The van der Waals surface area contributed by atoms with E-state index in [2.05, 4.69) is 4.98 Å². The van der Waals surface area contributed by atoms with Gasteiger partial charge in [-0.25, -0.2) is 0 Å². The average molecular weight is 293 g/mol. The first kappa shape index (κ1) is 15.8. The number of pyridine rings is 1. The van der Waals surface area contributed by atoms with E-state index >= 15 is 0 Å². The van der Waals surface area contributed by atoms with Gasteiger partial charge in [0.25, 0.3) is 0 Å². The van der Waals surface area contributed by atoms with E-state index in [9.17, 15) is 4.79 Å². The minimum atomic E-state index is -0.954. The Hall–Kier alpha value is -1.60. The number of carbonyl (C=O) groups is 1. The molecule has 0 aliphatic carbocycles. The van der Waals surface area contributed by atoms with Gasteiger partial charge >= 0.3 is 13.1 Å². The zero-order valence-corrected chi connectivity index (χ0v) is 13.0. The molecule has 1 saturated heterocycles. The first-order valence-corrected chi connectivity index (χ1v) is 6.76. The minimum Gasteiger partial charge on any atom is -0.495 e. The second-order valence-corrected chi connectivity index (χ2v) is 6.08. The van der Waals surface area contributed by atoms with Crippen molar-refractivity contribution in [1.29, 1.82) is 0 Å². The van der Waals surface area contributed by atoms with Gasteiger partial charge < -0.3 is 19.2 Å². The SMILES string of the molecule is COc1cc(B2OC(C)(C)C(C)(C)O2)cnc1CC(=O)O. The predicted molar refractivity (Wildman–Crippen MR) is 77.8 cm³/mol. The van der Waals surface area contributed by atoms with Gasteiger partial charge in [0.05, 0.1) is 30.4 Å². The monoisotopic (exact) mass is 293 g/mol. The van der Waals surface area contributed by atoms with Gasteiger partial charge in [0.1, 0.15) is 5.75 Å². The van der Waals surface area contributed by atoms with Gasteiger partial charge in [-0.1, -0.05) is 0 Å². The summed E-state index contributed by atoms with van der Waals surface area (Å²) >= 11 is 0. The van der Waals surface area contributed by atoms with Crippen LogP contribution in [0.5, 0.6) is 5.75 Å². The van der Waals surface area contributed by atoms with Crippen LogP contribution in [-0.4, -0.2) is 41.5 Å². The zero-order chi connectivity index (χ0) is 15.8. The molecule has 0 unspecified atom stereocenters. The number of hydrogen-bond acceptors (Lipinski definition) is 5. The fraction of sp³-hybridized carbons (Fsp3) is 0.571. The van der Waals surface area contributed by atoms with Gasteiger partial charge in [0.2, 0.25) is 0 Å². The quantitative estimate of drug-likeness (QED) is 0.835. The molecule has 1 aromatic heterocycles. The summed E-state index contributed by atoms with van der Waals surface area (Å²) in [5, 5.41) is 8.86. The fourth-order valence-electron chi connectivity index (χ4n) is 2.05. The van der Waals surface area contributed by atoms with Crippen molar-refractivity contribution in [2.45, 2.75) is 45.3 Å². The molecule has 1 aliphatic rings. The number of ether oxygens (including phenoxy) is 1. The molecule has 0 amide bonds. The van der Waals surface area contributed by atoms with E-state index in [1.165, 1.54) is 7.11 Å². The van der Waals surface area contributed by atoms with Crippen molar-refractivity contribution in [3.8, 4) is 5.75 Å². The molecule has 1 fully saturated rings. The Balaban J connectivity index is 2.28. The summed E-state index contributed by atoms with van der Waals surface area (Å²) in [7, 11) is 0.936. The molecule has 7 heteroatoms. The highest BCUT2D eigenvalue weighted by Gasteiger charge is 2.51. The van der Waals surface area contributed by atoms with Gasteiger partial charge in [0.15, 0.2) is 0 Å². The van der Waals surface area contributed by atoms with Crippen molar-refractivity contribution < 1.29 is 23.9 Å². The molecule has 1 aromatic rings. The molecular weight excluding hydrogens is 273 g/mol. The van der Waals surface area contributed by atoms with Gasteiger partial charge in [-0.05, 0) is 33.8 Å². The molecule has 21 heavy (non-hydrogen) atoms. The standard InChI is InChI=1S/C14H20BNO5/c1-13(2)14(3,4)21-15(20-13)9-6-11(19-5)10(16-8-9)7-12(17)18/h6,8H,7H2,1-5H3,(H,17,18). The van der Waals surface area contributed by atoms with Gasteiger partial charge in [-0.15, -0.1) is 0 Å². The van der Waals surface area contributed by atoms with Crippen molar-refractivity contribution >= 4 is 18.6 Å². The molecular formula is C14H20BNO5. The second-order valence-electron chi connectivity index (χ2n) is 6.08. The van der Waals surface area contributed by atoms with Gasteiger partial charge in [-0.3, -0.25) is 9.78 Å². The van der Waals surface area contributed by atoms with E-state index in [1.54, 1.807) is 12.3 Å². The van der Waals surface area contributed by atoms with Crippen LogP contribution in [0.1, 0.15) is 33.4 Å². The van der Waals surface area contributed by atoms with E-state index in [-0.39, 0.29) is 6.42 Å². The van der Waals surface area contributed by atoms with Crippen LogP contribution < -0.4 is 10.2 Å². The van der Waals surface area contributed by atoms with Crippen molar-refractivity contribution in [3.05, 3.63) is 18.0 Å². The number of rotatable bonds is 4. The van der Waals surface area contributed by atoms with Crippen LogP contribution in [0.4, 0.5) is 0 Å². The van der Waals surface area contributed by atoms with Crippen LogP contribution in [0.3, 0.4) is 0 Å². The topological polar surface area (TPSA) is 77.9 Å². The average Bonchev–Trinajstić information content (AvgIpc) is 2.58. The van der Waals surface area contributed by atoms with E-state index in [1.807, 2.05) is 27.7 Å². The van der Waals surface area contributed by atoms with Crippen LogP contribution in [0.25, 0.3) is 0 Å². The number of aromatic nitrogens is 1. The van der Waals surface area contributed by atoms with Crippen molar-refractivity contribution in [1.82, 2.24) is 4.98 Å². The molecule has 114 valence electrons. The molecule has 1 aliphatic heterocycles. The Morgan fingerprint density at radius 2 is 1.90 bits per heavy atom. The van der Waals surface area contributed by atoms with Gasteiger partial charge in [0, 0.05) is 11.7 Å². The predicted octanol–water partition coefficient (Wildman–Crippen LogP) is 1.02. The maximum absolute atomic E-state index is 10.8. The Bertz CT molecular complexity index is 542. The molecule has 0 atom stereocenters. The van der Waals surface area contributed by atoms with Crippen LogP contribution >= 0.6 is 0 Å². The third-order valence-corrected chi connectivity index (χ3v) is 4.02. The molecule has 0 saturated carbocycles. The Labute approximate surface area is 124 Å². The number of hydrogen-bond donors (Lipinski definition) is 1. The Morgan fingerprint density at radius 3 is 2.38 bits per heavy atom. The summed E-state index contributed by atoms with van der Waals surface area (Å²) in [4.78, 5) is 15.0. The highest BCUT2D eigenvalue weighted by molar-refractivity contribution is 6.62. The molecule has 0 radical (unpaired) electrons. The third kappa shape index (κ3) is 3.03. The lowest BCUT2D eigenvalue weighted by Crippen LogP contribution is -2.41. The highest BCUT2D eigenvalue weighted by Crippen LogP contribution is 2.36. The number of carboxylic acid groups (broad SMARTS) is 1. The summed E-state index contributed by atoms with van der Waals surface area (Å²) < 4.78 is 17.1. The number of methoxy groups -OCH3 is 1. The lowest BCUT2D eigenvalue weighted by atomic mass is 9.80. The molecule has 6 nitrogen and oxygen atoms in total. The van der Waals surface area contributed by atoms with Crippen LogP contribution in [-0.2, 0) is 20.5 Å². The minimum absolute atomic E-state index is 0.188. The summed E-state index contributed by atoms with van der Waals surface area (Å²) in [6.07, 6.45) is 1.38. The third-order valence-electron chi connectivity index (χ3n) is 4.02. The van der Waals surface area contributed by atoms with Crippen LogP contribution in [0.2, 0.25) is 0 Å². The van der Waals surface area contributed by atoms with Crippen LogP contribution in [0, 0.1) is 0 Å². The summed E-state index contributed by atoms with van der Waals surface area (Å²) in [6.45, 7) is 7.87. The van der Waals surface area contributed by atoms with E-state index in [4.69, 9.17) is 19.2 Å². The Kier molecular flexibility index (Phi) is 3.99. The summed E-state index contributed by atoms with van der Waals surface area (Å²) in [5.74, 6) is -0.534. The molecule has 2 rings (SSSR count). The number of aliphatic carboxylic acids is 1.